The summed E-state index contributed by atoms with van der Waals surface area (Å²) >= 11 is 3.87. The van der Waals surface area contributed by atoms with E-state index in [0.29, 0.717) is 0 Å². The number of rotatable bonds is 2. The molecule has 0 saturated heterocycles. The Morgan fingerprint density at radius 1 is 1.10 bits per heavy atom. The van der Waals surface area contributed by atoms with E-state index in [4.69, 9.17) is 4.74 Å². The molecule has 1 heterocycles. The summed E-state index contributed by atoms with van der Waals surface area (Å²) in [4.78, 5) is 0.229. The molecule has 1 atom stereocenters. The molecule has 1 unspecified atom stereocenters. The van der Waals surface area contributed by atoms with Crippen molar-refractivity contribution >= 4 is 15.9 Å². The van der Waals surface area contributed by atoms with Crippen molar-refractivity contribution in [3.63, 3.8) is 0 Å². The summed E-state index contributed by atoms with van der Waals surface area (Å²) in [6.07, 6.45) is 0.975. The Labute approximate surface area is 135 Å². The lowest BCUT2D eigenvalue weighted by Gasteiger charge is -2.16. The maximum Gasteiger partial charge on any atom is 0.123 e. The first-order chi connectivity index (χ1) is 9.85. The Kier molecular flexibility index (Phi) is 3.61. The highest BCUT2D eigenvalue weighted by Gasteiger charge is 2.30. The van der Waals surface area contributed by atoms with Gasteiger partial charge in [-0.1, -0.05) is 51.8 Å². The van der Waals surface area contributed by atoms with E-state index in [1.165, 1.54) is 27.8 Å². The van der Waals surface area contributed by atoms with Gasteiger partial charge in [-0.15, -0.1) is 0 Å². The Morgan fingerprint density at radius 2 is 1.86 bits per heavy atom. The zero-order valence-electron chi connectivity index (χ0n) is 13.0. The van der Waals surface area contributed by atoms with Crippen LogP contribution in [0.5, 0.6) is 5.75 Å². The predicted octanol–water partition coefficient (Wildman–Crippen LogP) is 5.50. The van der Waals surface area contributed by atoms with Crippen LogP contribution in [-0.2, 0) is 6.42 Å². The van der Waals surface area contributed by atoms with Crippen molar-refractivity contribution < 1.29 is 4.74 Å². The Balaban J connectivity index is 1.95. The van der Waals surface area contributed by atoms with E-state index < -0.39 is 0 Å². The molecule has 0 N–H and O–H groups in total. The number of alkyl halides is 1. The topological polar surface area (TPSA) is 9.23 Å². The first-order valence-corrected chi connectivity index (χ1v) is 8.30. The summed E-state index contributed by atoms with van der Waals surface area (Å²) in [5.74, 6) is 1.03. The molecule has 3 rings (SSSR count). The fraction of sp³-hybridized carbons (Fsp3) is 0.368. The minimum absolute atomic E-state index is 0.0808. The average Bonchev–Trinajstić information content (AvgIpc) is 2.70. The fourth-order valence-electron chi connectivity index (χ4n) is 3.08. The Bertz CT molecular complexity index is 688. The normalized spacial score (nSPS) is 17.2. The molecule has 0 fully saturated rings. The summed E-state index contributed by atoms with van der Waals surface area (Å²) in [5, 5.41) is 0. The van der Waals surface area contributed by atoms with Crippen molar-refractivity contribution in [1.82, 2.24) is 0 Å². The number of fused-ring (bicyclic) bond motifs is 1. The standard InChI is InChI=1S/C19H21BrO/c1-12-5-7-16(13(2)9-12)18(20)14-6-8-17-15(10-14)11-19(3,4)21-17/h5-10,18H,11H2,1-4H3. The third-order valence-corrected chi connectivity index (χ3v) is 5.10. The van der Waals surface area contributed by atoms with Gasteiger partial charge < -0.3 is 4.74 Å². The van der Waals surface area contributed by atoms with Gasteiger partial charge in [0.05, 0.1) is 4.83 Å². The number of ether oxygens (including phenoxy) is 1. The number of halogens is 1. The lowest BCUT2D eigenvalue weighted by atomic mass is 9.95. The number of benzene rings is 2. The van der Waals surface area contributed by atoms with E-state index >= 15 is 0 Å². The fourth-order valence-corrected chi connectivity index (χ4v) is 3.88. The van der Waals surface area contributed by atoms with Crippen LogP contribution in [0.1, 0.15) is 46.5 Å². The molecular weight excluding hydrogens is 324 g/mol. The number of aryl methyl sites for hydroxylation is 2. The van der Waals surface area contributed by atoms with E-state index in [1.54, 1.807) is 0 Å². The van der Waals surface area contributed by atoms with E-state index in [0.717, 1.165) is 12.2 Å². The highest BCUT2D eigenvalue weighted by Crippen LogP contribution is 2.39. The third-order valence-electron chi connectivity index (χ3n) is 4.08. The predicted molar refractivity (Wildman–Crippen MR) is 91.5 cm³/mol. The van der Waals surface area contributed by atoms with Crippen LogP contribution in [0.25, 0.3) is 0 Å². The van der Waals surface area contributed by atoms with Crippen molar-refractivity contribution in [2.75, 3.05) is 0 Å². The summed E-state index contributed by atoms with van der Waals surface area (Å²) in [6, 6.07) is 13.2. The van der Waals surface area contributed by atoms with Crippen molar-refractivity contribution in [2.24, 2.45) is 0 Å². The van der Waals surface area contributed by atoms with Crippen LogP contribution in [0.2, 0.25) is 0 Å². The Hall–Kier alpha value is -1.28. The van der Waals surface area contributed by atoms with Gasteiger partial charge in [-0.2, -0.15) is 0 Å². The van der Waals surface area contributed by atoms with Gasteiger partial charge >= 0.3 is 0 Å². The molecule has 1 nitrogen and oxygen atoms in total. The molecule has 2 aromatic carbocycles. The molecule has 0 bridgehead atoms. The lowest BCUT2D eigenvalue weighted by Crippen LogP contribution is -2.24. The number of hydrogen-bond acceptors (Lipinski definition) is 1. The van der Waals surface area contributed by atoms with Gasteiger partial charge in [-0.3, -0.25) is 0 Å². The molecule has 2 heteroatoms. The van der Waals surface area contributed by atoms with Gasteiger partial charge in [0, 0.05) is 6.42 Å². The van der Waals surface area contributed by atoms with Crippen LogP contribution in [-0.4, -0.2) is 5.60 Å². The largest absolute Gasteiger partial charge is 0.487 e. The summed E-state index contributed by atoms with van der Waals surface area (Å²) < 4.78 is 5.96. The minimum atomic E-state index is -0.0808. The Morgan fingerprint density at radius 3 is 2.57 bits per heavy atom. The van der Waals surface area contributed by atoms with Crippen LogP contribution in [0.15, 0.2) is 36.4 Å². The van der Waals surface area contributed by atoms with E-state index in [9.17, 15) is 0 Å². The van der Waals surface area contributed by atoms with Crippen LogP contribution in [0.4, 0.5) is 0 Å². The van der Waals surface area contributed by atoms with E-state index in [-0.39, 0.29) is 10.4 Å². The summed E-state index contributed by atoms with van der Waals surface area (Å²) in [5.41, 5.74) is 6.49. The second kappa shape index (κ2) is 5.17. The summed E-state index contributed by atoms with van der Waals surface area (Å²) in [7, 11) is 0. The van der Waals surface area contributed by atoms with Gasteiger partial charge in [-0.05, 0) is 56.0 Å². The van der Waals surface area contributed by atoms with Crippen molar-refractivity contribution in [1.29, 1.82) is 0 Å². The SMILES string of the molecule is Cc1ccc(C(Br)c2ccc3c(c2)CC(C)(C)O3)c(C)c1. The van der Waals surface area contributed by atoms with Gasteiger partial charge in [0.1, 0.15) is 11.4 Å². The molecule has 0 aliphatic carbocycles. The van der Waals surface area contributed by atoms with Crippen LogP contribution >= 0.6 is 15.9 Å². The smallest absolute Gasteiger partial charge is 0.123 e. The zero-order valence-corrected chi connectivity index (χ0v) is 14.6. The van der Waals surface area contributed by atoms with Gasteiger partial charge in [0.2, 0.25) is 0 Å². The van der Waals surface area contributed by atoms with E-state index in [2.05, 4.69) is 80.0 Å². The van der Waals surface area contributed by atoms with E-state index in [1.807, 2.05) is 0 Å². The molecule has 0 aromatic heterocycles. The average molecular weight is 345 g/mol. The molecule has 1 aliphatic rings. The highest BCUT2D eigenvalue weighted by molar-refractivity contribution is 9.09. The minimum Gasteiger partial charge on any atom is -0.487 e. The molecular formula is C19H21BrO. The van der Waals surface area contributed by atoms with Crippen molar-refractivity contribution in [2.45, 2.75) is 44.5 Å². The monoisotopic (exact) mass is 344 g/mol. The first kappa shape index (κ1) is 14.6. The van der Waals surface area contributed by atoms with Gasteiger partial charge in [0.25, 0.3) is 0 Å². The molecule has 21 heavy (non-hydrogen) atoms. The molecule has 110 valence electrons. The number of hydrogen-bond donors (Lipinski definition) is 0. The maximum absolute atomic E-state index is 5.96. The van der Waals surface area contributed by atoms with Crippen LogP contribution in [0.3, 0.4) is 0 Å². The van der Waals surface area contributed by atoms with Crippen LogP contribution < -0.4 is 4.74 Å². The molecule has 2 aromatic rings. The van der Waals surface area contributed by atoms with Gasteiger partial charge in [-0.25, -0.2) is 0 Å². The molecule has 1 aliphatic heterocycles. The molecule has 0 saturated carbocycles. The molecule has 0 radical (unpaired) electrons. The molecule has 0 spiro atoms. The van der Waals surface area contributed by atoms with Crippen LogP contribution in [0, 0.1) is 13.8 Å². The van der Waals surface area contributed by atoms with Crippen molar-refractivity contribution in [3.05, 3.63) is 64.2 Å². The second-order valence-corrected chi connectivity index (χ2v) is 7.54. The van der Waals surface area contributed by atoms with Crippen molar-refractivity contribution in [3.8, 4) is 5.75 Å². The first-order valence-electron chi connectivity index (χ1n) is 7.39. The summed E-state index contributed by atoms with van der Waals surface area (Å²) in [6.45, 7) is 8.59. The maximum atomic E-state index is 5.96. The highest BCUT2D eigenvalue weighted by atomic mass is 79.9. The second-order valence-electron chi connectivity index (χ2n) is 6.63. The lowest BCUT2D eigenvalue weighted by molar-refractivity contribution is 0.138. The third kappa shape index (κ3) is 2.87. The zero-order chi connectivity index (χ0) is 15.2. The quantitative estimate of drug-likeness (QED) is 0.653. The van der Waals surface area contributed by atoms with Gasteiger partial charge in [0.15, 0.2) is 0 Å². The molecule has 0 amide bonds.